The van der Waals surface area contributed by atoms with Crippen molar-refractivity contribution < 1.29 is 0 Å². The summed E-state index contributed by atoms with van der Waals surface area (Å²) in [7, 11) is 0. The minimum atomic E-state index is 0.765. The normalized spacial score (nSPS) is 35.8. The van der Waals surface area contributed by atoms with Crippen LogP contribution in [0, 0.1) is 17.8 Å². The smallest absolute Gasteiger partial charge is 0.00723 e. The summed E-state index contributed by atoms with van der Waals surface area (Å²) in [6.07, 6.45) is 17.9. The molecule has 0 radical (unpaired) electrons. The lowest BCUT2D eigenvalue weighted by Gasteiger charge is -2.34. The van der Waals surface area contributed by atoms with Crippen molar-refractivity contribution >= 4 is 0 Å². The van der Waals surface area contributed by atoms with Crippen molar-refractivity contribution in [2.24, 2.45) is 17.8 Å². The van der Waals surface area contributed by atoms with E-state index in [0.717, 1.165) is 29.8 Å². The molecule has 3 atom stereocenters. The predicted molar refractivity (Wildman–Crippen MR) is 82.3 cm³/mol. The molecule has 0 aromatic heterocycles. The fraction of sp³-hybridized carbons (Fsp3) is 1.00. The Balaban J connectivity index is 1.46. The van der Waals surface area contributed by atoms with Gasteiger partial charge in [0, 0.05) is 12.1 Å². The second-order valence-corrected chi connectivity index (χ2v) is 7.67. The van der Waals surface area contributed by atoms with Gasteiger partial charge in [0.1, 0.15) is 0 Å². The molecule has 3 aliphatic rings. The van der Waals surface area contributed by atoms with E-state index in [1.54, 1.807) is 0 Å². The highest BCUT2D eigenvalue weighted by atomic mass is 15.0. The third-order valence-corrected chi connectivity index (χ3v) is 6.11. The molecule has 1 heteroatoms. The highest BCUT2D eigenvalue weighted by Crippen LogP contribution is 2.44. The highest BCUT2D eigenvalue weighted by molar-refractivity contribution is 4.89. The van der Waals surface area contributed by atoms with Crippen molar-refractivity contribution in [3.05, 3.63) is 0 Å². The number of hydrogen-bond acceptors (Lipinski definition) is 1. The molecular weight excluding hydrogens is 230 g/mol. The van der Waals surface area contributed by atoms with Crippen LogP contribution < -0.4 is 5.32 Å². The summed E-state index contributed by atoms with van der Waals surface area (Å²) in [4.78, 5) is 0. The monoisotopic (exact) mass is 263 g/mol. The average Bonchev–Trinajstić information content (AvgIpc) is 3.26. The van der Waals surface area contributed by atoms with Crippen molar-refractivity contribution in [3.63, 3.8) is 0 Å². The van der Waals surface area contributed by atoms with Crippen LogP contribution in [0.15, 0.2) is 0 Å². The SMILES string of the molecule is C[C@@H](NC1CCCC(C2CC2)C1)C1CCCCCC1. The molecule has 0 heterocycles. The molecule has 0 aliphatic heterocycles. The van der Waals surface area contributed by atoms with E-state index in [1.165, 1.54) is 77.0 Å². The van der Waals surface area contributed by atoms with Crippen LogP contribution in [0.5, 0.6) is 0 Å². The molecule has 1 N–H and O–H groups in total. The van der Waals surface area contributed by atoms with Crippen molar-refractivity contribution in [2.45, 2.75) is 96.1 Å². The second-order valence-electron chi connectivity index (χ2n) is 7.67. The minimum Gasteiger partial charge on any atom is -0.311 e. The van der Waals surface area contributed by atoms with Gasteiger partial charge in [-0.25, -0.2) is 0 Å². The van der Waals surface area contributed by atoms with E-state index >= 15 is 0 Å². The number of hydrogen-bond donors (Lipinski definition) is 1. The van der Waals surface area contributed by atoms with Gasteiger partial charge in [-0.2, -0.15) is 0 Å². The van der Waals surface area contributed by atoms with Crippen LogP contribution in [0.2, 0.25) is 0 Å². The largest absolute Gasteiger partial charge is 0.311 e. The van der Waals surface area contributed by atoms with Crippen LogP contribution in [0.25, 0.3) is 0 Å². The first-order valence-corrected chi connectivity index (χ1v) is 9.09. The quantitative estimate of drug-likeness (QED) is 0.711. The predicted octanol–water partition coefficient (Wildman–Crippen LogP) is 4.90. The van der Waals surface area contributed by atoms with E-state index in [0.29, 0.717) is 0 Å². The van der Waals surface area contributed by atoms with Gasteiger partial charge in [-0.05, 0) is 63.2 Å². The van der Waals surface area contributed by atoms with E-state index in [1.807, 2.05) is 0 Å². The molecule has 110 valence electrons. The maximum Gasteiger partial charge on any atom is 0.00723 e. The Morgan fingerprint density at radius 3 is 2.16 bits per heavy atom. The molecular formula is C18H33N. The first-order chi connectivity index (χ1) is 9.33. The van der Waals surface area contributed by atoms with E-state index in [4.69, 9.17) is 0 Å². The Kier molecular flexibility index (Phi) is 4.84. The lowest BCUT2D eigenvalue weighted by Crippen LogP contribution is -2.43. The Morgan fingerprint density at radius 2 is 1.47 bits per heavy atom. The van der Waals surface area contributed by atoms with E-state index in [9.17, 15) is 0 Å². The molecule has 0 saturated heterocycles. The van der Waals surface area contributed by atoms with Gasteiger partial charge in [0.2, 0.25) is 0 Å². The fourth-order valence-electron chi connectivity index (χ4n) is 4.69. The lowest BCUT2D eigenvalue weighted by molar-refractivity contribution is 0.222. The van der Waals surface area contributed by atoms with Gasteiger partial charge in [-0.3, -0.25) is 0 Å². The first kappa shape index (κ1) is 13.9. The molecule has 3 saturated carbocycles. The molecule has 3 fully saturated rings. The maximum atomic E-state index is 4.03. The Bertz CT molecular complexity index is 263. The van der Waals surface area contributed by atoms with Gasteiger partial charge in [-0.1, -0.05) is 38.5 Å². The van der Waals surface area contributed by atoms with Crippen LogP contribution in [0.3, 0.4) is 0 Å². The fourth-order valence-corrected chi connectivity index (χ4v) is 4.69. The van der Waals surface area contributed by atoms with Crippen molar-refractivity contribution in [3.8, 4) is 0 Å². The Hall–Kier alpha value is -0.0400. The first-order valence-electron chi connectivity index (χ1n) is 9.09. The zero-order valence-corrected chi connectivity index (χ0v) is 12.9. The third kappa shape index (κ3) is 3.97. The Labute approximate surface area is 119 Å². The van der Waals surface area contributed by atoms with Crippen LogP contribution in [0.4, 0.5) is 0 Å². The van der Waals surface area contributed by atoms with E-state index in [-0.39, 0.29) is 0 Å². The van der Waals surface area contributed by atoms with Crippen molar-refractivity contribution in [1.82, 2.24) is 5.32 Å². The van der Waals surface area contributed by atoms with Crippen LogP contribution in [0.1, 0.15) is 84.0 Å². The van der Waals surface area contributed by atoms with Gasteiger partial charge in [0.15, 0.2) is 0 Å². The van der Waals surface area contributed by atoms with E-state index in [2.05, 4.69) is 12.2 Å². The van der Waals surface area contributed by atoms with Crippen LogP contribution in [-0.4, -0.2) is 12.1 Å². The minimum absolute atomic E-state index is 0.765. The highest BCUT2D eigenvalue weighted by Gasteiger charge is 2.35. The number of nitrogens with one attached hydrogen (secondary N) is 1. The molecule has 3 rings (SSSR count). The van der Waals surface area contributed by atoms with Gasteiger partial charge in [0.05, 0.1) is 0 Å². The molecule has 0 aromatic rings. The lowest BCUT2D eigenvalue weighted by atomic mass is 9.81. The van der Waals surface area contributed by atoms with Gasteiger partial charge in [0.25, 0.3) is 0 Å². The molecule has 1 nitrogen and oxygen atoms in total. The second kappa shape index (κ2) is 6.61. The topological polar surface area (TPSA) is 12.0 Å². The molecule has 2 unspecified atom stereocenters. The van der Waals surface area contributed by atoms with Crippen molar-refractivity contribution in [1.29, 1.82) is 0 Å². The molecule has 3 aliphatic carbocycles. The average molecular weight is 263 g/mol. The molecule has 0 aromatic carbocycles. The standard InChI is InChI=1S/C18H33N/c1-14(15-7-4-2-3-5-8-15)19-18-10-6-9-17(13-18)16-11-12-16/h14-19H,2-13H2,1H3/t14-,17?,18?/m1/s1. The van der Waals surface area contributed by atoms with Gasteiger partial charge >= 0.3 is 0 Å². The molecule has 19 heavy (non-hydrogen) atoms. The Morgan fingerprint density at radius 1 is 0.737 bits per heavy atom. The van der Waals surface area contributed by atoms with Gasteiger partial charge in [-0.15, -0.1) is 0 Å². The molecule has 0 spiro atoms. The number of rotatable bonds is 4. The summed E-state index contributed by atoms with van der Waals surface area (Å²) in [6.45, 7) is 2.47. The summed E-state index contributed by atoms with van der Waals surface area (Å²) >= 11 is 0. The molecule has 0 amide bonds. The zero-order valence-electron chi connectivity index (χ0n) is 12.9. The summed E-state index contributed by atoms with van der Waals surface area (Å²) in [5.74, 6) is 3.16. The summed E-state index contributed by atoms with van der Waals surface area (Å²) in [6, 6.07) is 1.61. The third-order valence-electron chi connectivity index (χ3n) is 6.11. The van der Waals surface area contributed by atoms with Crippen LogP contribution >= 0.6 is 0 Å². The zero-order chi connectivity index (χ0) is 13.1. The molecule has 0 bridgehead atoms. The summed E-state index contributed by atoms with van der Waals surface area (Å²) < 4.78 is 0. The maximum absolute atomic E-state index is 4.03. The van der Waals surface area contributed by atoms with E-state index < -0.39 is 0 Å². The van der Waals surface area contributed by atoms with Crippen LogP contribution in [-0.2, 0) is 0 Å². The van der Waals surface area contributed by atoms with Gasteiger partial charge < -0.3 is 5.32 Å². The summed E-state index contributed by atoms with van der Waals surface area (Å²) in [5.41, 5.74) is 0. The van der Waals surface area contributed by atoms with Crippen molar-refractivity contribution in [2.75, 3.05) is 0 Å². The summed E-state index contributed by atoms with van der Waals surface area (Å²) in [5, 5.41) is 4.03.